The largest absolute Gasteiger partial charge is 0.487 e. The first-order chi connectivity index (χ1) is 12.6. The number of aliphatic hydroxyl groups is 1. The van der Waals surface area contributed by atoms with Gasteiger partial charge in [0.15, 0.2) is 5.75 Å². The molecular formula is C19H29N3O4. The maximum atomic E-state index is 11.1. The van der Waals surface area contributed by atoms with E-state index in [1.54, 1.807) is 12.1 Å². The van der Waals surface area contributed by atoms with Crippen LogP contribution in [0.4, 0.5) is 11.4 Å². The number of anilines is 1. The molecule has 144 valence electrons. The van der Waals surface area contributed by atoms with E-state index >= 15 is 0 Å². The molecule has 0 amide bonds. The Morgan fingerprint density at radius 2 is 2.00 bits per heavy atom. The van der Waals surface area contributed by atoms with Gasteiger partial charge in [0, 0.05) is 43.0 Å². The first-order valence-corrected chi connectivity index (χ1v) is 9.68. The molecule has 2 unspecified atom stereocenters. The molecule has 1 aliphatic carbocycles. The molecule has 7 heteroatoms. The summed E-state index contributed by atoms with van der Waals surface area (Å²) in [6.07, 6.45) is 6.19. The van der Waals surface area contributed by atoms with Crippen LogP contribution in [-0.4, -0.2) is 52.8 Å². The summed E-state index contributed by atoms with van der Waals surface area (Å²) in [7, 11) is 0. The van der Waals surface area contributed by atoms with E-state index in [9.17, 15) is 15.2 Å². The van der Waals surface area contributed by atoms with Gasteiger partial charge < -0.3 is 15.2 Å². The first-order valence-electron chi connectivity index (χ1n) is 9.68. The third-order valence-electron chi connectivity index (χ3n) is 5.52. The number of nitrogens with one attached hydrogen (secondary N) is 1. The van der Waals surface area contributed by atoms with Crippen LogP contribution in [0.1, 0.15) is 45.4 Å². The van der Waals surface area contributed by atoms with Crippen LogP contribution in [-0.2, 0) is 0 Å². The normalized spacial score (nSPS) is 25.0. The minimum atomic E-state index is -0.414. The number of rotatable bonds is 6. The number of nitro benzene ring substituents is 1. The number of aliphatic hydroxyl groups excluding tert-OH is 1. The van der Waals surface area contributed by atoms with Gasteiger partial charge >= 0.3 is 5.69 Å². The van der Waals surface area contributed by atoms with Crippen molar-refractivity contribution in [3.8, 4) is 5.75 Å². The summed E-state index contributed by atoms with van der Waals surface area (Å²) >= 11 is 0. The Morgan fingerprint density at radius 1 is 1.27 bits per heavy atom. The Bertz CT molecular complexity index is 617. The summed E-state index contributed by atoms with van der Waals surface area (Å²) in [5.41, 5.74) is 0.855. The molecule has 2 atom stereocenters. The van der Waals surface area contributed by atoms with Crippen molar-refractivity contribution in [2.24, 2.45) is 0 Å². The zero-order chi connectivity index (χ0) is 18.5. The standard InChI is InChI=1S/C19H29N3O4/c1-2-26-19-13-15(7-8-17(19)22(24)25)20-14-9-11-21(12-10-14)16-5-3-4-6-18(16)23/h7-8,13-14,16,18,20,23H,2-6,9-12H2,1H3. The van der Waals surface area contributed by atoms with E-state index in [0.29, 0.717) is 24.4 Å². The molecule has 1 aliphatic heterocycles. The van der Waals surface area contributed by atoms with Crippen molar-refractivity contribution in [3.05, 3.63) is 28.3 Å². The Balaban J connectivity index is 1.57. The summed E-state index contributed by atoms with van der Waals surface area (Å²) in [6.45, 7) is 4.17. The number of nitrogens with zero attached hydrogens (tertiary/aromatic N) is 2. The molecule has 1 saturated heterocycles. The van der Waals surface area contributed by atoms with Crippen molar-refractivity contribution in [2.75, 3.05) is 25.0 Å². The van der Waals surface area contributed by atoms with Gasteiger partial charge in [0.25, 0.3) is 0 Å². The maximum absolute atomic E-state index is 11.1. The van der Waals surface area contributed by atoms with Crippen molar-refractivity contribution in [1.82, 2.24) is 4.90 Å². The second kappa shape index (κ2) is 8.68. The number of hydrogen-bond acceptors (Lipinski definition) is 6. The minimum Gasteiger partial charge on any atom is -0.487 e. The van der Waals surface area contributed by atoms with Crippen LogP contribution in [0.15, 0.2) is 18.2 Å². The molecule has 0 bridgehead atoms. The number of likely N-dealkylation sites (tertiary alicyclic amines) is 1. The van der Waals surface area contributed by atoms with Gasteiger partial charge in [-0.1, -0.05) is 12.8 Å². The third-order valence-corrected chi connectivity index (χ3v) is 5.52. The quantitative estimate of drug-likeness (QED) is 0.596. The van der Waals surface area contributed by atoms with E-state index in [1.807, 2.05) is 6.92 Å². The van der Waals surface area contributed by atoms with E-state index in [4.69, 9.17) is 4.74 Å². The second-order valence-electron chi connectivity index (χ2n) is 7.25. The van der Waals surface area contributed by atoms with Crippen LogP contribution in [0.2, 0.25) is 0 Å². The van der Waals surface area contributed by atoms with Crippen molar-refractivity contribution in [2.45, 2.75) is 63.6 Å². The van der Waals surface area contributed by atoms with Crippen LogP contribution in [0.3, 0.4) is 0 Å². The molecule has 1 aromatic rings. The van der Waals surface area contributed by atoms with Gasteiger partial charge in [0.1, 0.15) is 0 Å². The van der Waals surface area contributed by atoms with Gasteiger partial charge in [-0.3, -0.25) is 15.0 Å². The number of benzene rings is 1. The Kier molecular flexibility index (Phi) is 6.32. The average Bonchev–Trinajstić information content (AvgIpc) is 2.63. The maximum Gasteiger partial charge on any atom is 0.311 e. The van der Waals surface area contributed by atoms with Crippen LogP contribution >= 0.6 is 0 Å². The molecule has 7 nitrogen and oxygen atoms in total. The topological polar surface area (TPSA) is 87.9 Å². The fourth-order valence-corrected chi connectivity index (χ4v) is 4.15. The van der Waals surface area contributed by atoms with Crippen LogP contribution < -0.4 is 10.1 Å². The van der Waals surface area contributed by atoms with Crippen molar-refractivity contribution >= 4 is 11.4 Å². The highest BCUT2D eigenvalue weighted by atomic mass is 16.6. The van der Waals surface area contributed by atoms with Gasteiger partial charge in [-0.25, -0.2) is 0 Å². The summed E-state index contributed by atoms with van der Waals surface area (Å²) in [6, 6.07) is 5.62. The second-order valence-corrected chi connectivity index (χ2v) is 7.25. The smallest absolute Gasteiger partial charge is 0.311 e. The molecule has 1 heterocycles. The molecule has 0 radical (unpaired) electrons. The monoisotopic (exact) mass is 363 g/mol. The molecule has 0 aromatic heterocycles. The number of nitro groups is 1. The zero-order valence-corrected chi connectivity index (χ0v) is 15.4. The van der Waals surface area contributed by atoms with E-state index < -0.39 is 4.92 Å². The lowest BCUT2D eigenvalue weighted by atomic mass is 9.89. The summed E-state index contributed by atoms with van der Waals surface area (Å²) in [4.78, 5) is 13.1. The minimum absolute atomic E-state index is 0.00138. The van der Waals surface area contributed by atoms with Gasteiger partial charge in [-0.05, 0) is 38.7 Å². The highest BCUT2D eigenvalue weighted by molar-refractivity contribution is 5.58. The van der Waals surface area contributed by atoms with E-state index in [2.05, 4.69) is 10.2 Å². The van der Waals surface area contributed by atoms with Gasteiger partial charge in [-0.15, -0.1) is 0 Å². The lowest BCUT2D eigenvalue weighted by Crippen LogP contribution is -2.50. The molecule has 2 N–H and O–H groups in total. The van der Waals surface area contributed by atoms with E-state index in [-0.39, 0.29) is 11.8 Å². The van der Waals surface area contributed by atoms with Crippen molar-refractivity contribution in [3.63, 3.8) is 0 Å². The predicted molar refractivity (Wildman–Crippen MR) is 101 cm³/mol. The third kappa shape index (κ3) is 4.45. The first kappa shape index (κ1) is 18.9. The fraction of sp³-hybridized carbons (Fsp3) is 0.684. The average molecular weight is 363 g/mol. The van der Waals surface area contributed by atoms with Crippen LogP contribution in [0, 0.1) is 10.1 Å². The Morgan fingerprint density at radius 3 is 2.65 bits per heavy atom. The summed E-state index contributed by atoms with van der Waals surface area (Å²) in [5, 5.41) is 24.8. The molecule has 2 fully saturated rings. The Labute approximate surface area is 154 Å². The molecule has 3 rings (SSSR count). The predicted octanol–water partition coefficient (Wildman–Crippen LogP) is 3.17. The zero-order valence-electron chi connectivity index (χ0n) is 15.4. The fourth-order valence-electron chi connectivity index (χ4n) is 4.15. The van der Waals surface area contributed by atoms with Crippen LogP contribution in [0.25, 0.3) is 0 Å². The molecule has 26 heavy (non-hydrogen) atoms. The van der Waals surface area contributed by atoms with Gasteiger partial charge in [-0.2, -0.15) is 0 Å². The van der Waals surface area contributed by atoms with Gasteiger partial charge in [0.05, 0.1) is 17.6 Å². The number of hydrogen-bond donors (Lipinski definition) is 2. The molecule has 0 spiro atoms. The van der Waals surface area contributed by atoms with Crippen molar-refractivity contribution in [1.29, 1.82) is 0 Å². The summed E-state index contributed by atoms with van der Waals surface area (Å²) < 4.78 is 5.42. The van der Waals surface area contributed by atoms with E-state index in [1.165, 1.54) is 12.5 Å². The van der Waals surface area contributed by atoms with Gasteiger partial charge in [0.2, 0.25) is 0 Å². The lowest BCUT2D eigenvalue weighted by molar-refractivity contribution is -0.385. The molecule has 2 aliphatic rings. The summed E-state index contributed by atoms with van der Waals surface area (Å²) in [5.74, 6) is 0.310. The number of piperidine rings is 1. The highest BCUT2D eigenvalue weighted by Gasteiger charge is 2.31. The molecule has 1 saturated carbocycles. The Hall–Kier alpha value is -1.86. The highest BCUT2D eigenvalue weighted by Crippen LogP contribution is 2.31. The lowest BCUT2D eigenvalue weighted by Gasteiger charge is -2.41. The number of ether oxygens (including phenoxy) is 1. The SMILES string of the molecule is CCOc1cc(NC2CCN(C3CCCCC3O)CC2)ccc1[N+](=O)[O-]. The van der Waals surface area contributed by atoms with Crippen LogP contribution in [0.5, 0.6) is 5.75 Å². The molecule has 1 aromatic carbocycles. The molecular weight excluding hydrogens is 334 g/mol. The van der Waals surface area contributed by atoms with E-state index in [0.717, 1.165) is 50.9 Å². The van der Waals surface area contributed by atoms with Crippen molar-refractivity contribution < 1.29 is 14.8 Å².